The van der Waals surface area contributed by atoms with E-state index < -0.39 is 12.1 Å². The fourth-order valence-electron chi connectivity index (χ4n) is 2.11. The number of carbonyl (C=O) groups excluding carboxylic acids is 1. The van der Waals surface area contributed by atoms with E-state index in [4.69, 9.17) is 14.9 Å². The van der Waals surface area contributed by atoms with E-state index in [0.717, 1.165) is 6.42 Å². The van der Waals surface area contributed by atoms with Crippen molar-refractivity contribution in [2.45, 2.75) is 25.9 Å². The molecule has 0 aromatic heterocycles. The molecule has 2 N–H and O–H groups in total. The van der Waals surface area contributed by atoms with Gasteiger partial charge in [-0.3, -0.25) is 4.79 Å². The molecule has 0 spiro atoms. The van der Waals surface area contributed by atoms with Gasteiger partial charge in [-0.25, -0.2) is 4.79 Å². The molecule has 1 fully saturated rings. The van der Waals surface area contributed by atoms with Gasteiger partial charge in [0.05, 0.1) is 25.7 Å². The van der Waals surface area contributed by atoms with E-state index in [1.54, 1.807) is 9.80 Å². The maximum absolute atomic E-state index is 12.2. The third-order valence-corrected chi connectivity index (χ3v) is 2.95. The Labute approximate surface area is 112 Å². The summed E-state index contributed by atoms with van der Waals surface area (Å²) in [6, 6.07) is -0.158. The summed E-state index contributed by atoms with van der Waals surface area (Å²) in [5, 5.41) is 17.7. The average molecular weight is 274 g/mol. The molecular formula is C12H22N2O5. The highest BCUT2D eigenvalue weighted by Gasteiger charge is 2.28. The Hall–Kier alpha value is -1.34. The molecule has 2 amide bonds. The largest absolute Gasteiger partial charge is 0.481 e. The summed E-state index contributed by atoms with van der Waals surface area (Å²) in [6.45, 7) is 3.87. The molecule has 0 aliphatic carbocycles. The monoisotopic (exact) mass is 274 g/mol. The first-order valence-corrected chi connectivity index (χ1v) is 6.56. The summed E-state index contributed by atoms with van der Waals surface area (Å²) in [7, 11) is 0. The predicted molar refractivity (Wildman–Crippen MR) is 67.9 cm³/mol. The Morgan fingerprint density at radius 3 is 2.74 bits per heavy atom. The van der Waals surface area contributed by atoms with Crippen LogP contribution in [0.1, 0.15) is 19.8 Å². The second-order valence-corrected chi connectivity index (χ2v) is 4.53. The lowest BCUT2D eigenvalue weighted by Crippen LogP contribution is -2.52. The Bertz CT molecular complexity index is 304. The summed E-state index contributed by atoms with van der Waals surface area (Å²) in [6.07, 6.45) is 0.263. The van der Waals surface area contributed by atoms with Crippen LogP contribution in [0, 0.1) is 0 Å². The van der Waals surface area contributed by atoms with Crippen LogP contribution in [0.25, 0.3) is 0 Å². The number of carbonyl (C=O) groups is 2. The van der Waals surface area contributed by atoms with Gasteiger partial charge in [0.25, 0.3) is 0 Å². The molecule has 1 saturated heterocycles. The topological polar surface area (TPSA) is 90.3 Å². The maximum Gasteiger partial charge on any atom is 0.320 e. The number of hydrogen-bond acceptors (Lipinski definition) is 4. The molecule has 0 radical (unpaired) electrons. The number of nitrogens with zero attached hydrogens (tertiary/aromatic N) is 2. The standard InChI is InChI=1S/C12H22N2O5/c1-2-3-13(4-6-15)12(18)14-5-7-19-10(9-14)8-11(16)17/h10,15H,2-9H2,1H3,(H,16,17). The first kappa shape index (κ1) is 15.7. The number of aliphatic hydroxyl groups excluding tert-OH is 1. The minimum absolute atomic E-state index is 0.0748. The van der Waals surface area contributed by atoms with Crippen molar-refractivity contribution in [1.29, 1.82) is 0 Å². The summed E-state index contributed by atoms with van der Waals surface area (Å²) < 4.78 is 5.33. The van der Waals surface area contributed by atoms with Crippen molar-refractivity contribution in [3.8, 4) is 0 Å². The highest BCUT2D eigenvalue weighted by atomic mass is 16.5. The molecular weight excluding hydrogens is 252 g/mol. The molecule has 1 aliphatic rings. The zero-order valence-electron chi connectivity index (χ0n) is 11.2. The fraction of sp³-hybridized carbons (Fsp3) is 0.833. The number of hydrogen-bond donors (Lipinski definition) is 2. The van der Waals surface area contributed by atoms with Gasteiger partial charge in [-0.15, -0.1) is 0 Å². The lowest BCUT2D eigenvalue weighted by molar-refractivity contribution is -0.141. The molecule has 7 nitrogen and oxygen atoms in total. The van der Waals surface area contributed by atoms with Crippen LogP contribution in [0.3, 0.4) is 0 Å². The highest BCUT2D eigenvalue weighted by molar-refractivity contribution is 5.75. The molecule has 1 rings (SSSR count). The van der Waals surface area contributed by atoms with Gasteiger partial charge in [-0.1, -0.05) is 6.92 Å². The number of amides is 2. The van der Waals surface area contributed by atoms with Crippen LogP contribution in [-0.4, -0.2) is 77.5 Å². The highest BCUT2D eigenvalue weighted by Crippen LogP contribution is 2.11. The molecule has 110 valence electrons. The molecule has 19 heavy (non-hydrogen) atoms. The van der Waals surface area contributed by atoms with E-state index in [0.29, 0.717) is 26.2 Å². The smallest absolute Gasteiger partial charge is 0.320 e. The van der Waals surface area contributed by atoms with Gasteiger partial charge in [0.1, 0.15) is 0 Å². The molecule has 1 heterocycles. The van der Waals surface area contributed by atoms with E-state index in [-0.39, 0.29) is 25.6 Å². The predicted octanol–water partition coefficient (Wildman–Crippen LogP) is -0.0138. The van der Waals surface area contributed by atoms with Crippen LogP contribution in [0.5, 0.6) is 0 Å². The number of carboxylic acids is 1. The van der Waals surface area contributed by atoms with Crippen molar-refractivity contribution in [3.63, 3.8) is 0 Å². The van der Waals surface area contributed by atoms with Crippen LogP contribution in [0.15, 0.2) is 0 Å². The molecule has 1 atom stereocenters. The van der Waals surface area contributed by atoms with Gasteiger partial charge in [-0.05, 0) is 6.42 Å². The number of rotatable bonds is 6. The third kappa shape index (κ3) is 5.04. The molecule has 7 heteroatoms. The van der Waals surface area contributed by atoms with Gasteiger partial charge < -0.3 is 24.7 Å². The zero-order valence-corrected chi connectivity index (χ0v) is 11.2. The van der Waals surface area contributed by atoms with Crippen LogP contribution in [-0.2, 0) is 9.53 Å². The van der Waals surface area contributed by atoms with E-state index in [1.807, 2.05) is 6.92 Å². The molecule has 1 unspecified atom stereocenters. The number of aliphatic hydroxyl groups is 1. The lowest BCUT2D eigenvalue weighted by atomic mass is 10.2. The third-order valence-electron chi connectivity index (χ3n) is 2.95. The molecule has 0 bridgehead atoms. The minimum atomic E-state index is -0.930. The Morgan fingerprint density at radius 2 is 2.16 bits per heavy atom. The van der Waals surface area contributed by atoms with Crippen LogP contribution >= 0.6 is 0 Å². The first-order valence-electron chi connectivity index (χ1n) is 6.56. The normalized spacial score (nSPS) is 19.3. The van der Waals surface area contributed by atoms with Gasteiger partial charge in [0.15, 0.2) is 0 Å². The second-order valence-electron chi connectivity index (χ2n) is 4.53. The number of ether oxygens (including phenoxy) is 1. The van der Waals surface area contributed by atoms with Crippen molar-refractivity contribution >= 4 is 12.0 Å². The molecule has 0 aromatic carbocycles. The Morgan fingerprint density at radius 1 is 1.42 bits per heavy atom. The second kappa shape index (κ2) is 7.96. The van der Waals surface area contributed by atoms with Crippen LogP contribution in [0.2, 0.25) is 0 Å². The number of urea groups is 1. The van der Waals surface area contributed by atoms with Crippen molar-refractivity contribution in [2.24, 2.45) is 0 Å². The first-order chi connectivity index (χ1) is 9.08. The van der Waals surface area contributed by atoms with Crippen molar-refractivity contribution < 1.29 is 24.5 Å². The van der Waals surface area contributed by atoms with Gasteiger partial charge in [-0.2, -0.15) is 0 Å². The van der Waals surface area contributed by atoms with E-state index in [1.165, 1.54) is 0 Å². The SMILES string of the molecule is CCCN(CCO)C(=O)N1CCOC(CC(=O)O)C1. The quantitative estimate of drug-likeness (QED) is 0.710. The van der Waals surface area contributed by atoms with E-state index >= 15 is 0 Å². The summed E-state index contributed by atoms with van der Waals surface area (Å²) in [5.41, 5.74) is 0. The summed E-state index contributed by atoms with van der Waals surface area (Å²) in [5.74, 6) is -0.930. The molecule has 0 aromatic rings. The minimum Gasteiger partial charge on any atom is -0.481 e. The van der Waals surface area contributed by atoms with E-state index in [9.17, 15) is 9.59 Å². The van der Waals surface area contributed by atoms with Crippen molar-refractivity contribution in [2.75, 3.05) is 39.4 Å². The van der Waals surface area contributed by atoms with E-state index in [2.05, 4.69) is 0 Å². The number of carboxylic acid groups (broad SMARTS) is 1. The Kier molecular flexibility index (Phi) is 6.58. The fourth-order valence-corrected chi connectivity index (χ4v) is 2.11. The summed E-state index contributed by atoms with van der Waals surface area (Å²) >= 11 is 0. The number of aliphatic carboxylic acids is 1. The van der Waals surface area contributed by atoms with Gasteiger partial charge in [0, 0.05) is 26.2 Å². The van der Waals surface area contributed by atoms with Gasteiger partial charge in [0.2, 0.25) is 0 Å². The lowest BCUT2D eigenvalue weighted by Gasteiger charge is -2.36. The average Bonchev–Trinajstić information content (AvgIpc) is 2.37. The van der Waals surface area contributed by atoms with Crippen LogP contribution < -0.4 is 0 Å². The Balaban J connectivity index is 2.56. The van der Waals surface area contributed by atoms with Crippen LogP contribution in [0.4, 0.5) is 4.79 Å². The summed E-state index contributed by atoms with van der Waals surface area (Å²) in [4.78, 5) is 26.1. The maximum atomic E-state index is 12.2. The molecule has 1 aliphatic heterocycles. The van der Waals surface area contributed by atoms with Crippen molar-refractivity contribution in [3.05, 3.63) is 0 Å². The molecule has 0 saturated carbocycles. The number of morpholine rings is 1. The van der Waals surface area contributed by atoms with Crippen molar-refractivity contribution in [1.82, 2.24) is 9.80 Å². The van der Waals surface area contributed by atoms with Gasteiger partial charge >= 0.3 is 12.0 Å². The zero-order chi connectivity index (χ0) is 14.3.